The largest absolute Gasteiger partial charge is 0.490 e. The molecule has 0 aliphatic carbocycles. The molecule has 6 nitrogen and oxygen atoms in total. The van der Waals surface area contributed by atoms with Gasteiger partial charge in [-0.3, -0.25) is 9.98 Å². The minimum atomic E-state index is -0.189. The fourth-order valence-electron chi connectivity index (χ4n) is 3.45. The fraction of sp³-hybridized carbons (Fsp3) is 0.429. The summed E-state index contributed by atoms with van der Waals surface area (Å²) < 4.78 is 19.0. The van der Waals surface area contributed by atoms with Gasteiger partial charge in [-0.25, -0.2) is 4.39 Å². The maximum atomic E-state index is 13.4. The predicted octanol–water partition coefficient (Wildman–Crippen LogP) is 2.74. The van der Waals surface area contributed by atoms with Gasteiger partial charge in [-0.1, -0.05) is 0 Å². The first-order valence-corrected chi connectivity index (χ1v) is 9.67. The first kappa shape index (κ1) is 19.9. The number of rotatable bonds is 6. The van der Waals surface area contributed by atoms with Gasteiger partial charge in [0.05, 0.1) is 12.7 Å². The number of benzene rings is 1. The first-order valence-electron chi connectivity index (χ1n) is 9.67. The highest BCUT2D eigenvalue weighted by Gasteiger charge is 2.22. The summed E-state index contributed by atoms with van der Waals surface area (Å²) in [5, 5.41) is 6.78. The monoisotopic (exact) mass is 385 g/mol. The second-order valence-corrected chi connectivity index (χ2v) is 6.90. The lowest BCUT2D eigenvalue weighted by Crippen LogP contribution is -2.51. The van der Waals surface area contributed by atoms with Crippen LogP contribution in [0.25, 0.3) is 0 Å². The van der Waals surface area contributed by atoms with E-state index in [4.69, 9.17) is 4.74 Å². The number of hydrogen-bond donors (Lipinski definition) is 2. The number of aromatic nitrogens is 1. The predicted molar refractivity (Wildman–Crippen MR) is 111 cm³/mol. The van der Waals surface area contributed by atoms with Crippen molar-refractivity contribution in [2.75, 3.05) is 38.2 Å². The zero-order chi connectivity index (χ0) is 19.8. The van der Waals surface area contributed by atoms with Crippen molar-refractivity contribution in [3.8, 4) is 5.75 Å². The third-order valence-electron chi connectivity index (χ3n) is 4.78. The van der Waals surface area contributed by atoms with E-state index in [9.17, 15) is 4.39 Å². The van der Waals surface area contributed by atoms with Crippen LogP contribution in [0.15, 0.2) is 47.7 Å². The summed E-state index contributed by atoms with van der Waals surface area (Å²) in [7, 11) is 1.77. The Morgan fingerprint density at radius 3 is 3.04 bits per heavy atom. The van der Waals surface area contributed by atoms with Crippen LogP contribution in [0.5, 0.6) is 5.75 Å². The second-order valence-electron chi connectivity index (χ2n) is 6.90. The highest BCUT2D eigenvalue weighted by atomic mass is 19.1. The van der Waals surface area contributed by atoms with Gasteiger partial charge < -0.3 is 20.3 Å². The fourth-order valence-corrected chi connectivity index (χ4v) is 3.45. The molecule has 1 aromatic carbocycles. The van der Waals surface area contributed by atoms with E-state index in [-0.39, 0.29) is 11.9 Å². The van der Waals surface area contributed by atoms with Gasteiger partial charge in [0.25, 0.3) is 0 Å². The number of aryl methyl sites for hydroxylation is 1. The number of aliphatic imine (C=N–C) groups is 1. The van der Waals surface area contributed by atoms with Crippen molar-refractivity contribution in [2.45, 2.75) is 25.8 Å². The summed E-state index contributed by atoms with van der Waals surface area (Å²) >= 11 is 0. The highest BCUT2D eigenvalue weighted by molar-refractivity contribution is 5.80. The number of hydrogen-bond acceptors (Lipinski definition) is 4. The van der Waals surface area contributed by atoms with Crippen LogP contribution in [0.2, 0.25) is 0 Å². The summed E-state index contributed by atoms with van der Waals surface area (Å²) in [6.45, 7) is 4.97. The summed E-state index contributed by atoms with van der Waals surface area (Å²) in [5.41, 5.74) is 2.07. The van der Waals surface area contributed by atoms with Crippen molar-refractivity contribution in [1.82, 2.24) is 15.6 Å². The molecule has 1 aliphatic rings. The minimum Gasteiger partial charge on any atom is -0.490 e. The molecule has 1 aromatic heterocycles. The van der Waals surface area contributed by atoms with Crippen molar-refractivity contribution in [3.63, 3.8) is 0 Å². The molecule has 0 radical (unpaired) electrons. The molecule has 1 atom stereocenters. The van der Waals surface area contributed by atoms with Crippen molar-refractivity contribution in [3.05, 3.63) is 54.1 Å². The average Bonchev–Trinajstić information content (AvgIpc) is 2.71. The molecule has 28 heavy (non-hydrogen) atoms. The Labute approximate surface area is 165 Å². The van der Waals surface area contributed by atoms with E-state index < -0.39 is 0 Å². The van der Waals surface area contributed by atoms with Crippen molar-refractivity contribution < 1.29 is 9.13 Å². The van der Waals surface area contributed by atoms with Gasteiger partial charge in [-0.15, -0.1) is 0 Å². The van der Waals surface area contributed by atoms with E-state index in [1.54, 1.807) is 25.5 Å². The van der Waals surface area contributed by atoms with Crippen LogP contribution in [0.4, 0.5) is 10.1 Å². The maximum Gasteiger partial charge on any atom is 0.191 e. The topological polar surface area (TPSA) is 61.8 Å². The Morgan fingerprint density at radius 1 is 1.39 bits per heavy atom. The molecule has 1 unspecified atom stereocenters. The summed E-state index contributed by atoms with van der Waals surface area (Å²) in [4.78, 5) is 10.7. The van der Waals surface area contributed by atoms with Gasteiger partial charge in [-0.05, 0) is 55.7 Å². The maximum absolute atomic E-state index is 13.4. The lowest BCUT2D eigenvalue weighted by atomic mass is 10.0. The zero-order valence-electron chi connectivity index (χ0n) is 16.5. The molecule has 0 bridgehead atoms. The molecule has 2 aromatic rings. The Morgan fingerprint density at radius 2 is 2.29 bits per heavy atom. The van der Waals surface area contributed by atoms with Gasteiger partial charge in [0.15, 0.2) is 5.96 Å². The molecular weight excluding hydrogens is 357 g/mol. The normalized spacial score (nSPS) is 17.3. The average molecular weight is 385 g/mol. The van der Waals surface area contributed by atoms with Crippen LogP contribution >= 0.6 is 0 Å². The lowest BCUT2D eigenvalue weighted by Gasteiger charge is -2.36. The Bertz CT molecular complexity index is 784. The molecule has 0 amide bonds. The molecule has 0 spiro atoms. The Kier molecular flexibility index (Phi) is 7.06. The molecule has 3 rings (SSSR count). The van der Waals surface area contributed by atoms with Crippen LogP contribution < -0.4 is 20.3 Å². The number of guanidine groups is 1. The van der Waals surface area contributed by atoms with Crippen LogP contribution in [0.3, 0.4) is 0 Å². The molecular formula is C21H28FN5O. The van der Waals surface area contributed by atoms with Crippen molar-refractivity contribution >= 4 is 11.6 Å². The van der Waals surface area contributed by atoms with E-state index in [1.165, 1.54) is 6.07 Å². The first-order chi connectivity index (χ1) is 13.7. The van der Waals surface area contributed by atoms with Gasteiger partial charge >= 0.3 is 0 Å². The quantitative estimate of drug-likeness (QED) is 0.455. The number of nitrogens with one attached hydrogen (secondary N) is 2. The highest BCUT2D eigenvalue weighted by Crippen LogP contribution is 2.24. The molecule has 1 aliphatic heterocycles. The third-order valence-corrected chi connectivity index (χ3v) is 4.78. The SMILES string of the molecule is CN=C(NCCOc1cccnc1)NC1CCCN(c2ccc(F)cc2C)C1. The van der Waals surface area contributed by atoms with Crippen LogP contribution in [0.1, 0.15) is 18.4 Å². The van der Waals surface area contributed by atoms with Gasteiger partial charge in [0, 0.05) is 38.1 Å². The number of anilines is 1. The van der Waals surface area contributed by atoms with Gasteiger partial charge in [-0.2, -0.15) is 0 Å². The van der Waals surface area contributed by atoms with Gasteiger partial charge in [0.2, 0.25) is 0 Å². The molecule has 1 saturated heterocycles. The van der Waals surface area contributed by atoms with Gasteiger partial charge in [0.1, 0.15) is 18.2 Å². The van der Waals surface area contributed by atoms with Crippen LogP contribution in [0, 0.1) is 12.7 Å². The molecule has 150 valence electrons. The smallest absolute Gasteiger partial charge is 0.191 e. The van der Waals surface area contributed by atoms with E-state index in [0.717, 1.165) is 48.9 Å². The number of nitrogens with zero attached hydrogens (tertiary/aromatic N) is 3. The zero-order valence-corrected chi connectivity index (χ0v) is 16.5. The summed E-state index contributed by atoms with van der Waals surface area (Å²) in [5.74, 6) is 1.33. The number of pyridine rings is 1. The van der Waals surface area contributed by atoms with Crippen LogP contribution in [-0.2, 0) is 0 Å². The Balaban J connectivity index is 1.47. The standard InChI is InChI=1S/C21H28FN5O/c1-16-13-17(22)7-8-20(16)27-11-4-5-18(15-27)26-21(23-2)25-10-12-28-19-6-3-9-24-14-19/h3,6-9,13-14,18H,4-5,10-12,15H2,1-2H3,(H2,23,25,26). The number of ether oxygens (including phenoxy) is 1. The summed E-state index contributed by atoms with van der Waals surface area (Å²) in [6.07, 6.45) is 5.57. The second kappa shape index (κ2) is 9.92. The molecule has 1 fully saturated rings. The van der Waals surface area contributed by atoms with E-state index >= 15 is 0 Å². The van der Waals surface area contributed by atoms with E-state index in [1.807, 2.05) is 25.1 Å². The minimum absolute atomic E-state index is 0.189. The van der Waals surface area contributed by atoms with E-state index in [0.29, 0.717) is 13.2 Å². The van der Waals surface area contributed by atoms with E-state index in [2.05, 4.69) is 25.5 Å². The molecule has 2 N–H and O–H groups in total. The third kappa shape index (κ3) is 5.58. The molecule has 7 heteroatoms. The van der Waals surface area contributed by atoms with Crippen molar-refractivity contribution in [2.24, 2.45) is 4.99 Å². The molecule has 2 heterocycles. The number of halogens is 1. The van der Waals surface area contributed by atoms with Crippen LogP contribution in [-0.4, -0.2) is 50.3 Å². The van der Waals surface area contributed by atoms with Crippen molar-refractivity contribution in [1.29, 1.82) is 0 Å². The number of piperidine rings is 1. The Hall–Kier alpha value is -2.83. The lowest BCUT2D eigenvalue weighted by molar-refractivity contribution is 0.320. The molecule has 0 saturated carbocycles. The summed E-state index contributed by atoms with van der Waals surface area (Å²) in [6, 6.07) is 9.01.